The summed E-state index contributed by atoms with van der Waals surface area (Å²) < 4.78 is 0. The first-order chi connectivity index (χ1) is 7.70. The molecule has 1 aliphatic rings. The summed E-state index contributed by atoms with van der Waals surface area (Å²) in [6.07, 6.45) is 5.23. The lowest BCUT2D eigenvalue weighted by molar-refractivity contribution is -0.120. The third-order valence-corrected chi connectivity index (χ3v) is 2.96. The van der Waals surface area contributed by atoms with Crippen LogP contribution in [0.1, 0.15) is 12.8 Å². The van der Waals surface area contributed by atoms with Crippen molar-refractivity contribution < 1.29 is 4.79 Å². The van der Waals surface area contributed by atoms with Crippen LogP contribution in [0, 0.1) is 0 Å². The maximum atomic E-state index is 11.4. The third-order valence-electron chi connectivity index (χ3n) is 2.96. The van der Waals surface area contributed by atoms with Crippen LogP contribution >= 0.6 is 0 Å². The minimum absolute atomic E-state index is 0.181. The number of rotatable bonds is 2. The molecule has 4 N–H and O–H groups in total. The summed E-state index contributed by atoms with van der Waals surface area (Å²) >= 11 is 0. The first kappa shape index (κ1) is 10.9. The van der Waals surface area contributed by atoms with E-state index in [1.54, 1.807) is 12.4 Å². The molecular formula is C11H16N4O. The molecule has 86 valence electrons. The monoisotopic (exact) mass is 220 g/mol. The molecule has 0 bridgehead atoms. The number of hydrogen-bond acceptors (Lipinski definition) is 4. The second-order valence-corrected chi connectivity index (χ2v) is 4.05. The van der Waals surface area contributed by atoms with E-state index in [-0.39, 0.29) is 11.9 Å². The molecule has 5 heteroatoms. The molecule has 0 radical (unpaired) electrons. The van der Waals surface area contributed by atoms with Crippen LogP contribution in [0.4, 0.5) is 5.69 Å². The fraction of sp³-hybridized carbons (Fsp3) is 0.455. The molecule has 1 amide bonds. The molecule has 2 rings (SSSR count). The van der Waals surface area contributed by atoms with Crippen molar-refractivity contribution in [3.63, 3.8) is 0 Å². The van der Waals surface area contributed by atoms with Crippen LogP contribution in [-0.2, 0) is 4.79 Å². The molecule has 0 aliphatic carbocycles. The Kier molecular flexibility index (Phi) is 3.05. The summed E-state index contributed by atoms with van der Waals surface area (Å²) in [5.74, 6) is -0.357. The fourth-order valence-electron chi connectivity index (χ4n) is 2.22. The van der Waals surface area contributed by atoms with Gasteiger partial charge in [0.25, 0.3) is 0 Å². The predicted octanol–water partition coefficient (Wildman–Crippen LogP) is -0.137. The molecule has 5 nitrogen and oxygen atoms in total. The molecule has 1 saturated heterocycles. The van der Waals surface area contributed by atoms with Crippen molar-refractivity contribution in [1.29, 1.82) is 0 Å². The highest BCUT2D eigenvalue weighted by molar-refractivity contribution is 5.84. The average Bonchev–Trinajstić information content (AvgIpc) is 2.29. The fourth-order valence-corrected chi connectivity index (χ4v) is 2.22. The van der Waals surface area contributed by atoms with E-state index in [0.29, 0.717) is 0 Å². The van der Waals surface area contributed by atoms with Gasteiger partial charge < -0.3 is 16.4 Å². The Morgan fingerprint density at radius 1 is 1.44 bits per heavy atom. The number of amides is 1. The van der Waals surface area contributed by atoms with Gasteiger partial charge in [-0.05, 0) is 25.0 Å². The van der Waals surface area contributed by atoms with Gasteiger partial charge in [0.1, 0.15) is 6.04 Å². The van der Waals surface area contributed by atoms with Crippen molar-refractivity contribution in [2.24, 2.45) is 11.5 Å². The van der Waals surface area contributed by atoms with Gasteiger partial charge in [0.2, 0.25) is 5.91 Å². The lowest BCUT2D eigenvalue weighted by atomic mass is 9.96. The number of nitrogens with two attached hydrogens (primary N) is 2. The Morgan fingerprint density at radius 2 is 2.12 bits per heavy atom. The lowest BCUT2D eigenvalue weighted by Crippen LogP contribution is -2.58. The molecule has 1 aromatic heterocycles. The van der Waals surface area contributed by atoms with Gasteiger partial charge in [-0.2, -0.15) is 0 Å². The van der Waals surface area contributed by atoms with Gasteiger partial charge in [0.05, 0.1) is 0 Å². The van der Waals surface area contributed by atoms with Crippen molar-refractivity contribution >= 4 is 11.6 Å². The molecule has 16 heavy (non-hydrogen) atoms. The molecule has 0 spiro atoms. The van der Waals surface area contributed by atoms with Gasteiger partial charge in [-0.1, -0.05) is 0 Å². The number of carbonyl (C=O) groups is 1. The van der Waals surface area contributed by atoms with Crippen molar-refractivity contribution in [2.75, 3.05) is 11.4 Å². The zero-order chi connectivity index (χ0) is 11.5. The van der Waals surface area contributed by atoms with Gasteiger partial charge in [0.15, 0.2) is 0 Å². The molecule has 0 aromatic carbocycles. The van der Waals surface area contributed by atoms with Crippen LogP contribution in [0.25, 0.3) is 0 Å². The summed E-state index contributed by atoms with van der Waals surface area (Å²) in [4.78, 5) is 17.4. The Labute approximate surface area is 94.4 Å². The number of nitrogens with zero attached hydrogens (tertiary/aromatic N) is 2. The predicted molar refractivity (Wildman–Crippen MR) is 61.8 cm³/mol. The Balaban J connectivity index is 2.27. The maximum absolute atomic E-state index is 11.4. The number of primary amides is 1. The molecular weight excluding hydrogens is 204 g/mol. The van der Waals surface area contributed by atoms with Gasteiger partial charge >= 0.3 is 0 Å². The van der Waals surface area contributed by atoms with E-state index in [9.17, 15) is 4.79 Å². The van der Waals surface area contributed by atoms with Gasteiger partial charge in [-0.25, -0.2) is 0 Å². The first-order valence-electron chi connectivity index (χ1n) is 5.41. The Bertz CT molecular complexity index is 368. The maximum Gasteiger partial charge on any atom is 0.241 e. The van der Waals surface area contributed by atoms with E-state index in [4.69, 9.17) is 11.5 Å². The summed E-state index contributed by atoms with van der Waals surface area (Å²) in [6, 6.07) is 3.15. The largest absolute Gasteiger partial charge is 0.368 e. The highest BCUT2D eigenvalue weighted by Crippen LogP contribution is 2.23. The van der Waals surface area contributed by atoms with Gasteiger partial charge in [-0.3, -0.25) is 9.78 Å². The van der Waals surface area contributed by atoms with Gasteiger partial charge in [-0.15, -0.1) is 0 Å². The van der Waals surface area contributed by atoms with Crippen LogP contribution in [0.5, 0.6) is 0 Å². The molecule has 1 fully saturated rings. The van der Waals surface area contributed by atoms with E-state index in [0.717, 1.165) is 25.1 Å². The molecule has 2 heterocycles. The SMILES string of the molecule is NC(=O)[C@@H]1C(N)CCCN1c1ccncc1. The van der Waals surface area contributed by atoms with Crippen LogP contribution < -0.4 is 16.4 Å². The lowest BCUT2D eigenvalue weighted by Gasteiger charge is -2.39. The number of aromatic nitrogens is 1. The van der Waals surface area contributed by atoms with E-state index < -0.39 is 6.04 Å². The number of anilines is 1. The molecule has 2 atom stereocenters. The van der Waals surface area contributed by atoms with Crippen molar-refractivity contribution in [2.45, 2.75) is 24.9 Å². The Morgan fingerprint density at radius 3 is 2.75 bits per heavy atom. The first-order valence-corrected chi connectivity index (χ1v) is 5.41. The number of hydrogen-bond donors (Lipinski definition) is 2. The van der Waals surface area contributed by atoms with E-state index >= 15 is 0 Å². The van der Waals surface area contributed by atoms with Crippen molar-refractivity contribution in [3.05, 3.63) is 24.5 Å². The van der Waals surface area contributed by atoms with E-state index in [1.807, 2.05) is 17.0 Å². The van der Waals surface area contributed by atoms with Crippen LogP contribution in [-0.4, -0.2) is 29.5 Å². The quantitative estimate of drug-likeness (QED) is 0.726. The molecule has 1 aliphatic heterocycles. The standard InChI is InChI=1S/C11H16N4O/c12-9-2-1-7-15(10(9)11(13)16)8-3-5-14-6-4-8/h3-6,9-10H,1-2,7,12H2,(H2,13,16)/t9?,10-/m0/s1. The van der Waals surface area contributed by atoms with Crippen molar-refractivity contribution in [3.8, 4) is 0 Å². The van der Waals surface area contributed by atoms with Crippen LogP contribution in [0.3, 0.4) is 0 Å². The zero-order valence-electron chi connectivity index (χ0n) is 9.04. The highest BCUT2D eigenvalue weighted by atomic mass is 16.1. The van der Waals surface area contributed by atoms with E-state index in [2.05, 4.69) is 4.98 Å². The summed E-state index contributed by atoms with van der Waals surface area (Å²) in [5.41, 5.74) is 12.3. The summed E-state index contributed by atoms with van der Waals surface area (Å²) in [6.45, 7) is 0.811. The minimum Gasteiger partial charge on any atom is -0.368 e. The molecule has 0 saturated carbocycles. The second kappa shape index (κ2) is 4.49. The summed E-state index contributed by atoms with van der Waals surface area (Å²) in [5, 5.41) is 0. The number of piperidine rings is 1. The van der Waals surface area contributed by atoms with E-state index in [1.165, 1.54) is 0 Å². The third kappa shape index (κ3) is 1.99. The van der Waals surface area contributed by atoms with Crippen molar-refractivity contribution in [1.82, 2.24) is 4.98 Å². The van der Waals surface area contributed by atoms with Crippen LogP contribution in [0.15, 0.2) is 24.5 Å². The minimum atomic E-state index is -0.406. The normalized spacial score (nSPS) is 25.4. The molecule has 1 aromatic rings. The Hall–Kier alpha value is -1.62. The highest BCUT2D eigenvalue weighted by Gasteiger charge is 2.33. The topological polar surface area (TPSA) is 85.2 Å². The second-order valence-electron chi connectivity index (χ2n) is 4.05. The number of carbonyl (C=O) groups excluding carboxylic acids is 1. The smallest absolute Gasteiger partial charge is 0.241 e. The van der Waals surface area contributed by atoms with Crippen LogP contribution in [0.2, 0.25) is 0 Å². The summed E-state index contributed by atoms with van der Waals surface area (Å²) in [7, 11) is 0. The molecule has 1 unspecified atom stereocenters. The van der Waals surface area contributed by atoms with Gasteiger partial charge in [0, 0.05) is 30.7 Å². The zero-order valence-corrected chi connectivity index (χ0v) is 9.04. The average molecular weight is 220 g/mol. The number of pyridine rings is 1.